The third-order valence-electron chi connectivity index (χ3n) is 2.34. The number of unbranched alkanes of at least 4 members (excludes halogenated alkanes) is 3. The van der Waals surface area contributed by atoms with E-state index in [0.717, 1.165) is 25.1 Å². The van der Waals surface area contributed by atoms with E-state index in [-0.39, 0.29) is 6.04 Å². The fourth-order valence-corrected chi connectivity index (χ4v) is 1.46. The summed E-state index contributed by atoms with van der Waals surface area (Å²) < 4.78 is 0. The molecule has 1 heterocycles. The maximum Gasteiger partial charge on any atom is 0.144 e. The molecule has 1 rings (SSSR count). The lowest BCUT2D eigenvalue weighted by Gasteiger charge is -2.08. The lowest BCUT2D eigenvalue weighted by atomic mass is 10.1. The van der Waals surface area contributed by atoms with Crippen LogP contribution in [0.4, 0.5) is 0 Å². The molecule has 0 aliphatic rings. The van der Waals surface area contributed by atoms with Gasteiger partial charge < -0.3 is 5.73 Å². The maximum absolute atomic E-state index is 5.96. The largest absolute Gasteiger partial charge is 0.321 e. The van der Waals surface area contributed by atoms with E-state index in [9.17, 15) is 0 Å². The topological polar surface area (TPSA) is 51.8 Å². The van der Waals surface area contributed by atoms with Crippen LogP contribution in [0.3, 0.4) is 0 Å². The van der Waals surface area contributed by atoms with Crippen molar-refractivity contribution in [2.45, 2.75) is 38.1 Å². The Morgan fingerprint density at radius 3 is 2.67 bits per heavy atom. The van der Waals surface area contributed by atoms with Crippen LogP contribution in [0.2, 0.25) is 0 Å². The Bertz CT molecular complexity index is 271. The predicted octanol–water partition coefficient (Wildman–Crippen LogP) is 2.61. The number of aromatic nitrogens is 2. The zero-order chi connectivity index (χ0) is 10.9. The number of nitrogens with zero attached hydrogens (tertiary/aromatic N) is 2. The van der Waals surface area contributed by atoms with Crippen molar-refractivity contribution < 1.29 is 0 Å². The molecule has 0 fully saturated rings. The highest BCUT2D eigenvalue weighted by Crippen LogP contribution is 2.13. The van der Waals surface area contributed by atoms with Crippen molar-refractivity contribution in [3.8, 4) is 0 Å². The molecule has 0 radical (unpaired) electrons. The fraction of sp³-hybridized carbons (Fsp3) is 0.500. The molecule has 15 heavy (non-hydrogen) atoms. The quantitative estimate of drug-likeness (QED) is 0.550. The minimum Gasteiger partial charge on any atom is -0.321 e. The second-order valence-corrected chi connectivity index (χ2v) is 3.64. The van der Waals surface area contributed by atoms with E-state index in [1.54, 1.807) is 18.5 Å². The Morgan fingerprint density at radius 1 is 1.27 bits per heavy atom. The lowest BCUT2D eigenvalue weighted by molar-refractivity contribution is 0.551. The Balaban J connectivity index is 2.19. The highest BCUT2D eigenvalue weighted by atomic mass is 14.9. The summed E-state index contributed by atoms with van der Waals surface area (Å²) in [4.78, 5) is 8.28. The third kappa shape index (κ3) is 4.70. The van der Waals surface area contributed by atoms with Gasteiger partial charge in [-0.1, -0.05) is 18.9 Å². The van der Waals surface area contributed by atoms with E-state index in [0.29, 0.717) is 0 Å². The van der Waals surface area contributed by atoms with Crippen LogP contribution in [-0.4, -0.2) is 9.97 Å². The first-order chi connectivity index (χ1) is 7.34. The molecule has 1 unspecified atom stereocenters. The SMILES string of the molecule is C=CCCCCCC(N)c1ncccn1. The predicted molar refractivity (Wildman–Crippen MR) is 62.2 cm³/mol. The van der Waals surface area contributed by atoms with Crippen LogP contribution in [0.15, 0.2) is 31.1 Å². The highest BCUT2D eigenvalue weighted by molar-refractivity contribution is 4.94. The molecule has 0 bridgehead atoms. The third-order valence-corrected chi connectivity index (χ3v) is 2.34. The van der Waals surface area contributed by atoms with Gasteiger partial charge in [-0.05, 0) is 25.3 Å². The normalized spacial score (nSPS) is 12.3. The van der Waals surface area contributed by atoms with Crippen molar-refractivity contribution in [1.82, 2.24) is 9.97 Å². The van der Waals surface area contributed by atoms with Gasteiger partial charge in [0, 0.05) is 12.4 Å². The van der Waals surface area contributed by atoms with Gasteiger partial charge >= 0.3 is 0 Å². The van der Waals surface area contributed by atoms with E-state index >= 15 is 0 Å². The fourth-order valence-electron chi connectivity index (χ4n) is 1.46. The lowest BCUT2D eigenvalue weighted by Crippen LogP contribution is -2.13. The second kappa shape index (κ2) is 7.12. The van der Waals surface area contributed by atoms with Gasteiger partial charge in [0.1, 0.15) is 5.82 Å². The first-order valence-corrected chi connectivity index (χ1v) is 5.48. The van der Waals surface area contributed by atoms with Crippen molar-refractivity contribution >= 4 is 0 Å². The molecule has 3 heteroatoms. The van der Waals surface area contributed by atoms with Crippen LogP contribution >= 0.6 is 0 Å². The molecule has 0 amide bonds. The second-order valence-electron chi connectivity index (χ2n) is 3.64. The van der Waals surface area contributed by atoms with Gasteiger partial charge in [-0.3, -0.25) is 0 Å². The van der Waals surface area contributed by atoms with Gasteiger partial charge in [-0.2, -0.15) is 0 Å². The number of rotatable bonds is 7. The van der Waals surface area contributed by atoms with Gasteiger partial charge in [-0.15, -0.1) is 6.58 Å². The molecular weight excluding hydrogens is 186 g/mol. The summed E-state index contributed by atoms with van der Waals surface area (Å²) in [6.07, 6.45) is 11.0. The summed E-state index contributed by atoms with van der Waals surface area (Å²) in [5, 5.41) is 0. The summed E-state index contributed by atoms with van der Waals surface area (Å²) >= 11 is 0. The smallest absolute Gasteiger partial charge is 0.144 e. The Morgan fingerprint density at radius 2 is 2.00 bits per heavy atom. The first-order valence-electron chi connectivity index (χ1n) is 5.48. The Hall–Kier alpha value is -1.22. The molecule has 0 saturated carbocycles. The molecule has 1 aromatic rings. The molecule has 0 spiro atoms. The molecule has 2 N–H and O–H groups in total. The number of hydrogen-bond donors (Lipinski definition) is 1. The summed E-state index contributed by atoms with van der Waals surface area (Å²) in [7, 11) is 0. The Kier molecular flexibility index (Phi) is 5.63. The molecule has 0 aliphatic heterocycles. The molecule has 82 valence electrons. The van der Waals surface area contributed by atoms with Crippen molar-refractivity contribution in [1.29, 1.82) is 0 Å². The van der Waals surface area contributed by atoms with E-state index in [4.69, 9.17) is 5.73 Å². The van der Waals surface area contributed by atoms with Crippen LogP contribution in [0.25, 0.3) is 0 Å². The number of allylic oxidation sites excluding steroid dienone is 1. The van der Waals surface area contributed by atoms with Crippen LogP contribution in [0.5, 0.6) is 0 Å². The summed E-state index contributed by atoms with van der Waals surface area (Å²) in [6, 6.07) is 1.79. The summed E-state index contributed by atoms with van der Waals surface area (Å²) in [6.45, 7) is 3.70. The average molecular weight is 205 g/mol. The van der Waals surface area contributed by atoms with Gasteiger partial charge in [-0.25, -0.2) is 9.97 Å². The standard InChI is InChI=1S/C12H19N3/c1-2-3-4-5-6-8-11(13)12-14-9-7-10-15-12/h2,7,9-11H,1,3-6,8,13H2. The van der Waals surface area contributed by atoms with E-state index in [1.165, 1.54) is 12.8 Å². The minimum atomic E-state index is -0.0186. The zero-order valence-electron chi connectivity index (χ0n) is 9.10. The molecule has 1 atom stereocenters. The van der Waals surface area contributed by atoms with E-state index in [1.807, 2.05) is 6.08 Å². The average Bonchev–Trinajstić information content (AvgIpc) is 2.30. The Labute approximate surface area is 91.4 Å². The minimum absolute atomic E-state index is 0.0186. The van der Waals surface area contributed by atoms with Crippen molar-refractivity contribution in [3.63, 3.8) is 0 Å². The van der Waals surface area contributed by atoms with Gasteiger partial charge in [0.05, 0.1) is 6.04 Å². The zero-order valence-corrected chi connectivity index (χ0v) is 9.10. The molecule has 1 aromatic heterocycles. The molecule has 0 saturated heterocycles. The van der Waals surface area contributed by atoms with Crippen molar-refractivity contribution in [3.05, 3.63) is 36.9 Å². The van der Waals surface area contributed by atoms with Crippen LogP contribution in [-0.2, 0) is 0 Å². The van der Waals surface area contributed by atoms with Crippen LogP contribution < -0.4 is 5.73 Å². The first kappa shape index (κ1) is 11.9. The van der Waals surface area contributed by atoms with Gasteiger partial charge in [0.25, 0.3) is 0 Å². The van der Waals surface area contributed by atoms with E-state index < -0.39 is 0 Å². The van der Waals surface area contributed by atoms with Gasteiger partial charge in [0.2, 0.25) is 0 Å². The molecular formula is C12H19N3. The number of nitrogens with two attached hydrogens (primary N) is 1. The summed E-state index contributed by atoms with van der Waals surface area (Å²) in [5.41, 5.74) is 5.96. The van der Waals surface area contributed by atoms with Crippen LogP contribution in [0, 0.1) is 0 Å². The van der Waals surface area contributed by atoms with Crippen molar-refractivity contribution in [2.24, 2.45) is 5.73 Å². The summed E-state index contributed by atoms with van der Waals surface area (Å²) in [5.74, 6) is 0.751. The van der Waals surface area contributed by atoms with Crippen LogP contribution in [0.1, 0.15) is 44.0 Å². The monoisotopic (exact) mass is 205 g/mol. The number of hydrogen-bond acceptors (Lipinski definition) is 3. The maximum atomic E-state index is 5.96. The van der Waals surface area contributed by atoms with E-state index in [2.05, 4.69) is 16.5 Å². The van der Waals surface area contributed by atoms with Crippen molar-refractivity contribution in [2.75, 3.05) is 0 Å². The highest BCUT2D eigenvalue weighted by Gasteiger charge is 2.06. The molecule has 3 nitrogen and oxygen atoms in total. The molecule has 0 aromatic carbocycles. The van der Waals surface area contributed by atoms with Gasteiger partial charge in [0.15, 0.2) is 0 Å². The molecule has 0 aliphatic carbocycles.